The van der Waals surface area contributed by atoms with Gasteiger partial charge in [-0.3, -0.25) is 19.7 Å². The quantitative estimate of drug-likeness (QED) is 0.484. The van der Waals surface area contributed by atoms with Crippen LogP contribution in [0.2, 0.25) is 0 Å². The van der Waals surface area contributed by atoms with E-state index in [2.05, 4.69) is 4.98 Å². The Bertz CT molecular complexity index is 821. The van der Waals surface area contributed by atoms with E-state index in [0.29, 0.717) is 0 Å². The molecule has 10 heteroatoms. The van der Waals surface area contributed by atoms with Crippen molar-refractivity contribution in [2.75, 3.05) is 4.90 Å². The zero-order chi connectivity index (χ0) is 15.9. The highest BCUT2D eigenvalue weighted by atomic mass is 32.2. The average molecular weight is 320 g/mol. The van der Waals surface area contributed by atoms with E-state index in [4.69, 9.17) is 4.42 Å². The Labute approximate surface area is 127 Å². The summed E-state index contributed by atoms with van der Waals surface area (Å²) < 4.78 is 6.55. The van der Waals surface area contributed by atoms with Gasteiger partial charge in [-0.2, -0.15) is 0 Å². The zero-order valence-corrected chi connectivity index (χ0v) is 11.9. The van der Waals surface area contributed by atoms with Crippen molar-refractivity contribution in [3.63, 3.8) is 0 Å². The lowest BCUT2D eigenvalue weighted by Gasteiger charge is -2.07. The minimum absolute atomic E-state index is 0.111. The normalized spacial score (nSPS) is 16.8. The minimum Gasteiger partial charge on any atom is -0.401 e. The first-order valence-corrected chi connectivity index (χ1v) is 6.77. The van der Waals surface area contributed by atoms with Crippen molar-refractivity contribution in [2.24, 2.45) is 7.05 Å². The lowest BCUT2D eigenvalue weighted by Crippen LogP contribution is -2.27. The van der Waals surface area contributed by atoms with Crippen LogP contribution in [0.3, 0.4) is 0 Å². The molecule has 0 saturated carbocycles. The lowest BCUT2D eigenvalue weighted by molar-refractivity contribution is -0.402. The molecule has 0 spiro atoms. The van der Waals surface area contributed by atoms with E-state index < -0.39 is 22.0 Å². The molecule has 2 amide bonds. The number of imide groups is 1. The molecule has 1 saturated heterocycles. The molecule has 0 aromatic carbocycles. The molecule has 0 atom stereocenters. The standard InChI is InChI=1S/C12H8N4O5S/c1-14-5-9(13-6-14)15-11(17)8(22-12(15)18)4-7-2-3-10(21-7)16(19)20/h2-6H,1H3/b8-4-. The summed E-state index contributed by atoms with van der Waals surface area (Å²) in [6.45, 7) is 0. The van der Waals surface area contributed by atoms with Crippen molar-refractivity contribution in [1.82, 2.24) is 9.55 Å². The van der Waals surface area contributed by atoms with Crippen LogP contribution in [0.5, 0.6) is 0 Å². The van der Waals surface area contributed by atoms with Gasteiger partial charge in [-0.05, 0) is 17.8 Å². The fourth-order valence-electron chi connectivity index (χ4n) is 1.83. The number of carbonyl (C=O) groups is 2. The van der Waals surface area contributed by atoms with E-state index >= 15 is 0 Å². The number of amides is 2. The van der Waals surface area contributed by atoms with Crippen LogP contribution < -0.4 is 4.90 Å². The first-order valence-electron chi connectivity index (χ1n) is 5.96. The van der Waals surface area contributed by atoms with E-state index in [-0.39, 0.29) is 16.5 Å². The van der Waals surface area contributed by atoms with E-state index in [9.17, 15) is 19.7 Å². The molecular weight excluding hydrogens is 312 g/mol. The predicted octanol–water partition coefficient (Wildman–Crippen LogP) is 2.16. The summed E-state index contributed by atoms with van der Waals surface area (Å²) in [5, 5.41) is 10.1. The Hall–Kier alpha value is -2.88. The summed E-state index contributed by atoms with van der Waals surface area (Å²) in [4.78, 5) is 39.1. The largest absolute Gasteiger partial charge is 0.433 e. The highest BCUT2D eigenvalue weighted by molar-refractivity contribution is 8.19. The molecule has 0 N–H and O–H groups in total. The van der Waals surface area contributed by atoms with Gasteiger partial charge >= 0.3 is 5.88 Å². The van der Waals surface area contributed by atoms with E-state index in [0.717, 1.165) is 16.7 Å². The van der Waals surface area contributed by atoms with Crippen LogP contribution in [-0.2, 0) is 11.8 Å². The van der Waals surface area contributed by atoms with E-state index in [1.807, 2.05) is 0 Å². The molecule has 3 heterocycles. The Balaban J connectivity index is 1.89. The van der Waals surface area contributed by atoms with Gasteiger partial charge in [0.25, 0.3) is 11.1 Å². The van der Waals surface area contributed by atoms with Crippen LogP contribution >= 0.6 is 11.8 Å². The number of furan rings is 1. The van der Waals surface area contributed by atoms with Gasteiger partial charge in [0.1, 0.15) is 10.7 Å². The smallest absolute Gasteiger partial charge is 0.401 e. The maximum Gasteiger partial charge on any atom is 0.433 e. The topological polar surface area (TPSA) is 111 Å². The second kappa shape index (κ2) is 5.15. The SMILES string of the molecule is Cn1cnc(N2C(=O)S/C(=C\c3ccc([N+](=O)[O-])o3)C2=O)c1. The number of nitrogens with zero attached hydrogens (tertiary/aromatic N) is 4. The van der Waals surface area contributed by atoms with Crippen molar-refractivity contribution in [3.05, 3.63) is 45.4 Å². The number of rotatable bonds is 3. The van der Waals surface area contributed by atoms with Crippen LogP contribution in [0.25, 0.3) is 6.08 Å². The Morgan fingerprint density at radius 3 is 2.77 bits per heavy atom. The monoisotopic (exact) mass is 320 g/mol. The number of carbonyl (C=O) groups excluding carboxylic acids is 2. The van der Waals surface area contributed by atoms with Crippen molar-refractivity contribution in [1.29, 1.82) is 0 Å². The molecule has 0 aliphatic carbocycles. The van der Waals surface area contributed by atoms with Gasteiger partial charge in [0, 0.05) is 19.3 Å². The highest BCUT2D eigenvalue weighted by Crippen LogP contribution is 2.35. The number of nitro groups is 1. The molecule has 22 heavy (non-hydrogen) atoms. The summed E-state index contributed by atoms with van der Waals surface area (Å²) in [5.41, 5.74) is 0. The molecule has 0 radical (unpaired) electrons. The first-order chi connectivity index (χ1) is 10.5. The maximum atomic E-state index is 12.3. The van der Waals surface area contributed by atoms with Gasteiger partial charge in [0.2, 0.25) is 0 Å². The Kier molecular flexibility index (Phi) is 3.29. The summed E-state index contributed by atoms with van der Waals surface area (Å²) in [5.74, 6) is -0.639. The fraction of sp³-hybridized carbons (Fsp3) is 0.0833. The van der Waals surface area contributed by atoms with Crippen LogP contribution in [0.1, 0.15) is 5.76 Å². The van der Waals surface area contributed by atoms with Crippen molar-refractivity contribution in [2.45, 2.75) is 0 Å². The number of imidazole rings is 1. The highest BCUT2D eigenvalue weighted by Gasteiger charge is 2.37. The molecule has 1 aliphatic rings. The van der Waals surface area contributed by atoms with Crippen LogP contribution in [-0.4, -0.2) is 25.6 Å². The number of aryl methyl sites for hydroxylation is 1. The second-order valence-electron chi connectivity index (χ2n) is 4.35. The Morgan fingerprint density at radius 1 is 1.41 bits per heavy atom. The van der Waals surface area contributed by atoms with Crippen molar-refractivity contribution < 1.29 is 18.9 Å². The zero-order valence-electron chi connectivity index (χ0n) is 11.1. The number of hydrogen-bond acceptors (Lipinski definition) is 7. The molecule has 0 unspecified atom stereocenters. The van der Waals surface area contributed by atoms with Gasteiger partial charge in [-0.25, -0.2) is 9.88 Å². The van der Waals surface area contributed by atoms with Crippen LogP contribution in [0.15, 0.2) is 34.0 Å². The molecular formula is C12H8N4O5S. The van der Waals surface area contributed by atoms with E-state index in [1.54, 1.807) is 11.6 Å². The van der Waals surface area contributed by atoms with Gasteiger partial charge in [-0.15, -0.1) is 0 Å². The molecule has 0 bridgehead atoms. The van der Waals surface area contributed by atoms with Crippen LogP contribution in [0, 0.1) is 10.1 Å². The van der Waals surface area contributed by atoms with Gasteiger partial charge in [0.15, 0.2) is 5.82 Å². The molecule has 1 aliphatic heterocycles. The molecule has 1 fully saturated rings. The summed E-state index contributed by atoms with van der Waals surface area (Å²) in [6, 6.07) is 2.53. The van der Waals surface area contributed by atoms with Gasteiger partial charge < -0.3 is 8.98 Å². The first kappa shape index (κ1) is 14.1. The number of aromatic nitrogens is 2. The maximum absolute atomic E-state index is 12.3. The van der Waals surface area contributed by atoms with Crippen molar-refractivity contribution in [3.8, 4) is 0 Å². The molecule has 2 aromatic rings. The van der Waals surface area contributed by atoms with Gasteiger partial charge in [-0.1, -0.05) is 0 Å². The third-order valence-corrected chi connectivity index (χ3v) is 3.65. The molecule has 9 nitrogen and oxygen atoms in total. The number of thioether (sulfide) groups is 1. The Morgan fingerprint density at radius 2 is 2.18 bits per heavy atom. The molecule has 2 aromatic heterocycles. The molecule has 3 rings (SSSR count). The number of hydrogen-bond donors (Lipinski definition) is 0. The third kappa shape index (κ3) is 2.39. The summed E-state index contributed by atoms with van der Waals surface area (Å²) >= 11 is 0.718. The van der Waals surface area contributed by atoms with E-state index in [1.165, 1.54) is 30.7 Å². The average Bonchev–Trinajstić information content (AvgIpc) is 3.12. The fourth-order valence-corrected chi connectivity index (χ4v) is 2.64. The number of anilines is 1. The molecule has 112 valence electrons. The minimum atomic E-state index is -0.684. The predicted molar refractivity (Wildman–Crippen MR) is 77.0 cm³/mol. The lowest BCUT2D eigenvalue weighted by atomic mass is 10.3. The summed E-state index contributed by atoms with van der Waals surface area (Å²) in [6.07, 6.45) is 4.30. The van der Waals surface area contributed by atoms with Crippen LogP contribution in [0.4, 0.5) is 16.5 Å². The summed E-state index contributed by atoms with van der Waals surface area (Å²) in [7, 11) is 1.72. The van der Waals surface area contributed by atoms with Gasteiger partial charge in [0.05, 0.1) is 17.3 Å². The van der Waals surface area contributed by atoms with Crippen molar-refractivity contribution >= 4 is 40.7 Å². The second-order valence-corrected chi connectivity index (χ2v) is 5.34. The third-order valence-electron chi connectivity index (χ3n) is 2.78.